The van der Waals surface area contributed by atoms with Crippen molar-refractivity contribution in [3.63, 3.8) is 0 Å². The zero-order chi connectivity index (χ0) is 20.8. The molecule has 0 spiro atoms. The van der Waals surface area contributed by atoms with Gasteiger partial charge in [0.1, 0.15) is 11.3 Å². The quantitative estimate of drug-likeness (QED) is 0.444. The molecule has 0 aliphatic heterocycles. The molecule has 29 heavy (non-hydrogen) atoms. The molecular weight excluding hydrogens is 410 g/mol. The van der Waals surface area contributed by atoms with Crippen LogP contribution in [0.5, 0.6) is 0 Å². The first-order chi connectivity index (χ1) is 13.7. The molecule has 0 bridgehead atoms. The van der Waals surface area contributed by atoms with E-state index in [9.17, 15) is 17.6 Å². The van der Waals surface area contributed by atoms with Crippen LogP contribution in [0.1, 0.15) is 37.3 Å². The lowest BCUT2D eigenvalue weighted by atomic mass is 9.80. The molecule has 0 amide bonds. The smallest absolute Gasteiger partial charge is 0.365 e. The summed E-state index contributed by atoms with van der Waals surface area (Å²) in [7, 11) is 0. The van der Waals surface area contributed by atoms with E-state index in [0.717, 1.165) is 25.0 Å². The van der Waals surface area contributed by atoms with Crippen LogP contribution < -0.4 is 5.32 Å². The highest BCUT2D eigenvalue weighted by Gasteiger charge is 2.34. The molecule has 3 aromatic rings. The van der Waals surface area contributed by atoms with Crippen LogP contribution in [0, 0.1) is 11.7 Å². The van der Waals surface area contributed by atoms with E-state index in [1.54, 1.807) is 4.57 Å². The van der Waals surface area contributed by atoms with Crippen molar-refractivity contribution in [2.24, 2.45) is 5.92 Å². The number of fused-ring (bicyclic) bond motifs is 1. The van der Waals surface area contributed by atoms with E-state index in [-0.39, 0.29) is 17.9 Å². The lowest BCUT2D eigenvalue weighted by Crippen LogP contribution is -2.31. The van der Waals surface area contributed by atoms with E-state index in [0.29, 0.717) is 28.5 Å². The van der Waals surface area contributed by atoms with Crippen molar-refractivity contribution >= 4 is 28.6 Å². The van der Waals surface area contributed by atoms with Crippen molar-refractivity contribution in [2.75, 3.05) is 5.32 Å². The Morgan fingerprint density at radius 2 is 2.03 bits per heavy atom. The molecule has 1 N–H and O–H groups in total. The number of benzene rings is 1. The van der Waals surface area contributed by atoms with Crippen LogP contribution >= 0.6 is 11.6 Å². The van der Waals surface area contributed by atoms with Crippen LogP contribution in [-0.2, 0) is 12.7 Å². The largest absolute Gasteiger partial charge is 0.419 e. The van der Waals surface area contributed by atoms with Gasteiger partial charge in [0, 0.05) is 12.6 Å². The standard InChI is InChI=1S/C19H18ClF4N5/c1-10(12-3-2-4-12)26-17-15-16(27-18(20)28-17)25-9-29(15)8-11-5-6-13(14(21)7-11)19(22,23)24/h5-7,9-10,12H,2-4,8H2,1H3,(H,26,27,28). The first kappa shape index (κ1) is 19.9. The first-order valence-corrected chi connectivity index (χ1v) is 9.60. The fraction of sp³-hybridized carbons (Fsp3) is 0.421. The fourth-order valence-corrected chi connectivity index (χ4v) is 3.70. The lowest BCUT2D eigenvalue weighted by molar-refractivity contribution is -0.140. The van der Waals surface area contributed by atoms with Gasteiger partial charge in [-0.3, -0.25) is 0 Å². The van der Waals surface area contributed by atoms with E-state index in [4.69, 9.17) is 11.6 Å². The molecule has 1 aliphatic rings. The number of aromatic nitrogens is 4. The summed E-state index contributed by atoms with van der Waals surface area (Å²) in [5.74, 6) is -0.265. The van der Waals surface area contributed by atoms with Crippen LogP contribution in [0.3, 0.4) is 0 Å². The van der Waals surface area contributed by atoms with E-state index >= 15 is 0 Å². The predicted octanol–water partition coefficient (Wildman–Crippen LogP) is 5.29. The zero-order valence-electron chi connectivity index (χ0n) is 15.5. The van der Waals surface area contributed by atoms with Crippen molar-refractivity contribution < 1.29 is 17.6 Å². The molecule has 5 nitrogen and oxygen atoms in total. The SMILES string of the molecule is CC(Nc1nc(Cl)nc2ncn(Cc3ccc(C(F)(F)F)c(F)c3)c12)C1CCC1. The van der Waals surface area contributed by atoms with E-state index in [1.165, 1.54) is 18.8 Å². The molecule has 1 unspecified atom stereocenters. The summed E-state index contributed by atoms with van der Waals surface area (Å²) in [6.07, 6.45) is 0.239. The molecule has 1 aromatic carbocycles. The number of imidazole rings is 1. The second-order valence-electron chi connectivity index (χ2n) is 7.32. The Morgan fingerprint density at radius 3 is 2.66 bits per heavy atom. The summed E-state index contributed by atoms with van der Waals surface area (Å²) in [4.78, 5) is 12.6. The highest BCUT2D eigenvalue weighted by atomic mass is 35.5. The van der Waals surface area contributed by atoms with Gasteiger partial charge < -0.3 is 9.88 Å². The highest BCUT2D eigenvalue weighted by molar-refractivity contribution is 6.28. The van der Waals surface area contributed by atoms with Gasteiger partial charge in [-0.25, -0.2) is 9.37 Å². The van der Waals surface area contributed by atoms with Crippen molar-refractivity contribution in [3.8, 4) is 0 Å². The normalized spacial score (nSPS) is 16.1. The number of hydrogen-bond acceptors (Lipinski definition) is 4. The molecule has 2 aromatic heterocycles. The molecule has 4 rings (SSSR count). The second kappa shape index (κ2) is 7.44. The number of alkyl halides is 3. The molecule has 10 heteroatoms. The van der Waals surface area contributed by atoms with Crippen LogP contribution in [0.15, 0.2) is 24.5 Å². The molecule has 1 saturated carbocycles. The topological polar surface area (TPSA) is 55.6 Å². The van der Waals surface area contributed by atoms with Gasteiger partial charge in [0.25, 0.3) is 0 Å². The van der Waals surface area contributed by atoms with Crippen molar-refractivity contribution in [3.05, 3.63) is 46.8 Å². The third kappa shape index (κ3) is 4.01. The molecular formula is C19H18ClF4N5. The summed E-state index contributed by atoms with van der Waals surface area (Å²) in [5.41, 5.74) is 0.00727. The summed E-state index contributed by atoms with van der Waals surface area (Å²) in [6.45, 7) is 2.18. The number of nitrogens with one attached hydrogen (secondary N) is 1. The van der Waals surface area contributed by atoms with E-state index in [2.05, 4.69) is 27.2 Å². The van der Waals surface area contributed by atoms with Gasteiger partial charge in [-0.2, -0.15) is 23.1 Å². The second-order valence-corrected chi connectivity index (χ2v) is 7.66. The number of hydrogen-bond donors (Lipinski definition) is 1. The lowest BCUT2D eigenvalue weighted by Gasteiger charge is -2.32. The van der Waals surface area contributed by atoms with Gasteiger partial charge in [-0.05, 0) is 55.0 Å². The van der Waals surface area contributed by atoms with Gasteiger partial charge in [0.15, 0.2) is 11.5 Å². The average Bonchev–Trinajstić information content (AvgIpc) is 2.94. The van der Waals surface area contributed by atoms with Crippen LogP contribution in [0.2, 0.25) is 5.28 Å². The Morgan fingerprint density at radius 1 is 1.28 bits per heavy atom. The van der Waals surface area contributed by atoms with Gasteiger partial charge in [-0.1, -0.05) is 12.5 Å². The summed E-state index contributed by atoms with van der Waals surface area (Å²) in [6, 6.07) is 3.05. The van der Waals surface area contributed by atoms with Gasteiger partial charge >= 0.3 is 6.18 Å². The Kier molecular flexibility index (Phi) is 5.10. The maximum atomic E-state index is 13.9. The highest BCUT2D eigenvalue weighted by Crippen LogP contribution is 2.33. The Bertz CT molecular complexity index is 1040. The summed E-state index contributed by atoms with van der Waals surface area (Å²) < 4.78 is 54.0. The number of rotatable bonds is 5. The number of anilines is 1. The van der Waals surface area contributed by atoms with Gasteiger partial charge in [0.05, 0.1) is 11.9 Å². The molecule has 0 saturated heterocycles. The maximum absolute atomic E-state index is 13.9. The zero-order valence-corrected chi connectivity index (χ0v) is 16.2. The first-order valence-electron chi connectivity index (χ1n) is 9.23. The minimum Gasteiger partial charge on any atom is -0.365 e. The monoisotopic (exact) mass is 427 g/mol. The fourth-order valence-electron chi connectivity index (χ4n) is 3.53. The van der Waals surface area contributed by atoms with E-state index in [1.807, 2.05) is 0 Å². The number of nitrogens with zero attached hydrogens (tertiary/aromatic N) is 4. The predicted molar refractivity (Wildman–Crippen MR) is 101 cm³/mol. The maximum Gasteiger partial charge on any atom is 0.419 e. The van der Waals surface area contributed by atoms with Gasteiger partial charge in [0.2, 0.25) is 5.28 Å². The van der Waals surface area contributed by atoms with E-state index < -0.39 is 17.6 Å². The minimum absolute atomic E-state index is 0.0478. The summed E-state index contributed by atoms with van der Waals surface area (Å²) in [5, 5.41) is 3.41. The van der Waals surface area contributed by atoms with Gasteiger partial charge in [-0.15, -0.1) is 0 Å². The average molecular weight is 428 g/mol. The molecule has 1 fully saturated rings. The van der Waals surface area contributed by atoms with Crippen molar-refractivity contribution in [1.29, 1.82) is 0 Å². The third-order valence-electron chi connectivity index (χ3n) is 5.36. The van der Waals surface area contributed by atoms with Crippen molar-refractivity contribution in [2.45, 2.75) is 44.9 Å². The van der Waals surface area contributed by atoms with Crippen LogP contribution in [0.25, 0.3) is 11.2 Å². The Balaban J connectivity index is 1.66. The third-order valence-corrected chi connectivity index (χ3v) is 5.53. The Labute approximate surface area is 169 Å². The van der Waals surface area contributed by atoms with Crippen molar-refractivity contribution in [1.82, 2.24) is 19.5 Å². The van der Waals surface area contributed by atoms with Crippen LogP contribution in [-0.4, -0.2) is 25.6 Å². The molecule has 154 valence electrons. The molecule has 1 aliphatic carbocycles. The number of halogens is 5. The minimum atomic E-state index is -4.73. The molecule has 2 heterocycles. The Hall–Kier alpha value is -2.42. The molecule has 1 atom stereocenters. The summed E-state index contributed by atoms with van der Waals surface area (Å²) >= 11 is 6.02. The molecule has 0 radical (unpaired) electrons. The van der Waals surface area contributed by atoms with Crippen LogP contribution in [0.4, 0.5) is 23.4 Å².